The fourth-order valence-electron chi connectivity index (χ4n) is 4.18. The summed E-state index contributed by atoms with van der Waals surface area (Å²) in [4.78, 5) is 27.7. The van der Waals surface area contributed by atoms with E-state index in [0.29, 0.717) is 58.0 Å². The lowest BCUT2D eigenvalue weighted by atomic mass is 9.79. The molecule has 2 heterocycles. The normalized spacial score (nSPS) is 19.2. The third-order valence-electron chi connectivity index (χ3n) is 5.57. The zero-order valence-electron chi connectivity index (χ0n) is 17.1. The third-order valence-corrected chi connectivity index (χ3v) is 6.13. The maximum atomic E-state index is 13.5. The average molecular weight is 492 g/mol. The van der Waals surface area contributed by atoms with E-state index >= 15 is 0 Å². The molecule has 0 radical (unpaired) electrons. The molecule has 0 aromatic heterocycles. The van der Waals surface area contributed by atoms with Gasteiger partial charge in [-0.1, -0.05) is 22.0 Å². The Bertz CT molecular complexity index is 1030. The molecule has 1 amide bonds. The largest absolute Gasteiger partial charge is 0.493 e. The molecule has 2 aromatic rings. The first-order chi connectivity index (χ1) is 15.0. The molecular weight excluding hydrogens is 470 g/mol. The number of fused-ring (bicyclic) bond motifs is 2. The number of benzene rings is 2. The molecule has 0 saturated carbocycles. The van der Waals surface area contributed by atoms with Gasteiger partial charge in [-0.15, -0.1) is 0 Å². The van der Waals surface area contributed by atoms with Crippen molar-refractivity contribution in [3.05, 3.63) is 47.0 Å². The van der Waals surface area contributed by atoms with Gasteiger partial charge < -0.3 is 29.0 Å². The van der Waals surface area contributed by atoms with Gasteiger partial charge in [-0.05, 0) is 41.8 Å². The van der Waals surface area contributed by atoms with Crippen molar-refractivity contribution >= 4 is 27.8 Å². The van der Waals surface area contributed by atoms with E-state index in [0.717, 1.165) is 0 Å². The molecule has 2 aliphatic heterocycles. The van der Waals surface area contributed by atoms with Crippen LogP contribution in [0.4, 0.5) is 0 Å². The molecule has 2 unspecified atom stereocenters. The number of hydrogen-bond acceptors (Lipinski definition) is 6. The van der Waals surface area contributed by atoms with Gasteiger partial charge in [0.15, 0.2) is 23.0 Å². The number of hydrogen-bond donors (Lipinski definition) is 1. The summed E-state index contributed by atoms with van der Waals surface area (Å²) in [5.74, 6) is -0.406. The van der Waals surface area contributed by atoms with Crippen molar-refractivity contribution in [3.8, 4) is 23.0 Å². The van der Waals surface area contributed by atoms with Crippen LogP contribution in [-0.2, 0) is 4.79 Å². The molecule has 0 aliphatic carbocycles. The Morgan fingerprint density at radius 2 is 1.87 bits per heavy atom. The second kappa shape index (κ2) is 8.66. The van der Waals surface area contributed by atoms with E-state index in [1.54, 1.807) is 35.2 Å². The van der Waals surface area contributed by atoms with Crippen LogP contribution in [-0.4, -0.2) is 54.8 Å². The summed E-state index contributed by atoms with van der Waals surface area (Å²) < 4.78 is 21.6. The zero-order valence-corrected chi connectivity index (χ0v) is 18.7. The minimum absolute atomic E-state index is 0.109. The number of methoxy groups -OCH3 is 2. The number of halogens is 1. The Hall–Kier alpha value is -2.94. The van der Waals surface area contributed by atoms with Crippen LogP contribution in [0, 0.1) is 0 Å². The van der Waals surface area contributed by atoms with Crippen molar-refractivity contribution in [1.82, 2.24) is 4.90 Å². The van der Waals surface area contributed by atoms with E-state index in [2.05, 4.69) is 15.9 Å². The van der Waals surface area contributed by atoms with Gasteiger partial charge in [-0.2, -0.15) is 0 Å². The Labute approximate surface area is 187 Å². The Kier molecular flexibility index (Phi) is 5.95. The van der Waals surface area contributed by atoms with Crippen LogP contribution in [0.3, 0.4) is 0 Å². The molecule has 1 N–H and O–H groups in total. The SMILES string of the molecule is COc1cc2c(cc1OC)C(C(=O)O)C(c1ccc3c(c1)OCO3)N(CCCBr)C2=O. The van der Waals surface area contributed by atoms with Gasteiger partial charge in [0, 0.05) is 17.4 Å². The van der Waals surface area contributed by atoms with Crippen LogP contribution < -0.4 is 18.9 Å². The van der Waals surface area contributed by atoms with E-state index < -0.39 is 17.9 Å². The summed E-state index contributed by atoms with van der Waals surface area (Å²) in [7, 11) is 2.95. The smallest absolute Gasteiger partial charge is 0.313 e. The zero-order chi connectivity index (χ0) is 22.1. The monoisotopic (exact) mass is 491 g/mol. The van der Waals surface area contributed by atoms with E-state index in [1.807, 2.05) is 0 Å². The molecule has 2 aromatic carbocycles. The number of ether oxygens (including phenoxy) is 4. The maximum absolute atomic E-state index is 13.5. The first-order valence-corrected chi connectivity index (χ1v) is 10.9. The van der Waals surface area contributed by atoms with Gasteiger partial charge in [0.05, 0.1) is 20.3 Å². The van der Waals surface area contributed by atoms with Crippen LogP contribution in [0.25, 0.3) is 0 Å². The van der Waals surface area contributed by atoms with E-state index in [-0.39, 0.29) is 12.7 Å². The number of carbonyl (C=O) groups is 2. The predicted molar refractivity (Wildman–Crippen MR) is 115 cm³/mol. The highest BCUT2D eigenvalue weighted by atomic mass is 79.9. The highest BCUT2D eigenvalue weighted by Gasteiger charge is 2.45. The van der Waals surface area contributed by atoms with Crippen molar-refractivity contribution in [2.45, 2.75) is 18.4 Å². The average Bonchev–Trinajstić information content (AvgIpc) is 3.25. The van der Waals surface area contributed by atoms with Gasteiger partial charge in [0.25, 0.3) is 5.91 Å². The summed E-state index contributed by atoms with van der Waals surface area (Å²) >= 11 is 3.40. The molecule has 0 bridgehead atoms. The van der Waals surface area contributed by atoms with Gasteiger partial charge in [-0.25, -0.2) is 0 Å². The highest BCUT2D eigenvalue weighted by Crippen LogP contribution is 2.47. The van der Waals surface area contributed by atoms with Crippen LogP contribution in [0.1, 0.15) is 39.9 Å². The van der Waals surface area contributed by atoms with Crippen LogP contribution in [0.5, 0.6) is 23.0 Å². The highest BCUT2D eigenvalue weighted by molar-refractivity contribution is 9.09. The second-order valence-electron chi connectivity index (χ2n) is 7.21. The minimum Gasteiger partial charge on any atom is -0.493 e. The van der Waals surface area contributed by atoms with Crippen molar-refractivity contribution in [2.24, 2.45) is 0 Å². The topological polar surface area (TPSA) is 94.5 Å². The number of alkyl halides is 1. The van der Waals surface area contributed by atoms with Crippen LogP contribution in [0.2, 0.25) is 0 Å². The molecule has 0 fully saturated rings. The first kappa shape index (κ1) is 21.3. The summed E-state index contributed by atoms with van der Waals surface area (Å²) in [6.07, 6.45) is 0.668. The summed E-state index contributed by atoms with van der Waals surface area (Å²) in [5, 5.41) is 10.9. The Morgan fingerprint density at radius 3 is 2.55 bits per heavy atom. The lowest BCUT2D eigenvalue weighted by molar-refractivity contribution is -0.140. The standard InChI is InChI=1S/C22H22BrNO7/c1-28-16-9-13-14(10-17(16)29-2)21(25)24(7-3-6-23)20(19(13)22(26)27)12-4-5-15-18(8-12)31-11-30-15/h4-5,8-10,19-20H,3,6-7,11H2,1-2H3,(H,26,27). The number of aliphatic carboxylic acids is 1. The van der Waals surface area contributed by atoms with Crippen LogP contribution >= 0.6 is 15.9 Å². The number of nitrogens with zero attached hydrogens (tertiary/aromatic N) is 1. The fourth-order valence-corrected chi connectivity index (χ4v) is 4.43. The molecular formula is C22H22BrNO7. The second-order valence-corrected chi connectivity index (χ2v) is 8.00. The van der Waals surface area contributed by atoms with Crippen molar-refractivity contribution in [2.75, 3.05) is 32.9 Å². The minimum atomic E-state index is -1.03. The van der Waals surface area contributed by atoms with Crippen molar-refractivity contribution in [1.29, 1.82) is 0 Å². The van der Waals surface area contributed by atoms with E-state index in [4.69, 9.17) is 18.9 Å². The molecule has 2 aliphatic rings. The van der Waals surface area contributed by atoms with Crippen molar-refractivity contribution < 1.29 is 33.6 Å². The maximum Gasteiger partial charge on any atom is 0.313 e. The first-order valence-electron chi connectivity index (χ1n) is 9.75. The molecule has 9 heteroatoms. The van der Waals surface area contributed by atoms with Gasteiger partial charge in [0.1, 0.15) is 5.92 Å². The van der Waals surface area contributed by atoms with Gasteiger partial charge in [-0.3, -0.25) is 9.59 Å². The quantitative estimate of drug-likeness (QED) is 0.591. The molecule has 8 nitrogen and oxygen atoms in total. The van der Waals surface area contributed by atoms with Gasteiger partial charge in [0.2, 0.25) is 6.79 Å². The fraction of sp³-hybridized carbons (Fsp3) is 0.364. The summed E-state index contributed by atoms with van der Waals surface area (Å²) in [5.41, 5.74) is 1.37. The Balaban J connectivity index is 1.91. The molecule has 0 saturated heterocycles. The summed E-state index contributed by atoms with van der Waals surface area (Å²) in [6, 6.07) is 7.71. The molecule has 0 spiro atoms. The number of carboxylic acids is 1. The van der Waals surface area contributed by atoms with E-state index in [1.165, 1.54) is 14.2 Å². The summed E-state index contributed by atoms with van der Waals surface area (Å²) in [6.45, 7) is 0.499. The van der Waals surface area contributed by atoms with Crippen LogP contribution in [0.15, 0.2) is 30.3 Å². The number of carboxylic acid groups (broad SMARTS) is 1. The molecule has 2 atom stereocenters. The van der Waals surface area contributed by atoms with Gasteiger partial charge >= 0.3 is 5.97 Å². The molecule has 4 rings (SSSR count). The lowest BCUT2D eigenvalue weighted by Crippen LogP contribution is -2.45. The Morgan fingerprint density at radius 1 is 1.16 bits per heavy atom. The third kappa shape index (κ3) is 3.67. The number of carbonyl (C=O) groups excluding carboxylic acids is 1. The van der Waals surface area contributed by atoms with E-state index in [9.17, 15) is 14.7 Å². The van der Waals surface area contributed by atoms with Crippen molar-refractivity contribution in [3.63, 3.8) is 0 Å². The molecule has 31 heavy (non-hydrogen) atoms. The lowest BCUT2D eigenvalue weighted by Gasteiger charge is -2.41. The molecule has 164 valence electrons. The number of rotatable bonds is 7. The predicted octanol–water partition coefficient (Wildman–Crippen LogP) is 3.58. The number of amides is 1.